The molecule has 3 aromatic rings. The summed E-state index contributed by atoms with van der Waals surface area (Å²) >= 11 is 9.93. The largest absolute Gasteiger partial charge is 0.437 e. The molecular formula is C23H27BrClN7O2. The van der Waals surface area contributed by atoms with Crippen LogP contribution < -0.4 is 4.74 Å². The molecule has 0 N–H and O–H groups in total. The fraction of sp³-hybridized carbons (Fsp3) is 0.478. The van der Waals surface area contributed by atoms with Gasteiger partial charge in [-0.1, -0.05) is 16.8 Å². The van der Waals surface area contributed by atoms with Gasteiger partial charge in [0.2, 0.25) is 5.88 Å². The van der Waals surface area contributed by atoms with E-state index in [-0.39, 0.29) is 6.03 Å². The average molecular weight is 549 g/mol. The van der Waals surface area contributed by atoms with Crippen molar-refractivity contribution >= 4 is 44.6 Å². The van der Waals surface area contributed by atoms with Crippen LogP contribution in [0.2, 0.25) is 5.02 Å². The van der Waals surface area contributed by atoms with E-state index in [1.54, 1.807) is 25.2 Å². The molecule has 11 heteroatoms. The highest BCUT2D eigenvalue weighted by atomic mass is 79.9. The molecule has 1 aliphatic heterocycles. The summed E-state index contributed by atoms with van der Waals surface area (Å²) in [6.07, 6.45) is 4.11. The van der Waals surface area contributed by atoms with Gasteiger partial charge in [-0.25, -0.2) is 14.5 Å². The van der Waals surface area contributed by atoms with Crippen LogP contribution in [0, 0.1) is 5.92 Å². The Kier molecular flexibility index (Phi) is 6.63. The predicted octanol–water partition coefficient (Wildman–Crippen LogP) is 4.24. The normalized spacial score (nSPS) is 16.8. The van der Waals surface area contributed by atoms with E-state index in [0.29, 0.717) is 42.2 Å². The Morgan fingerprint density at radius 1 is 1.24 bits per heavy atom. The van der Waals surface area contributed by atoms with Gasteiger partial charge in [-0.05, 0) is 52.9 Å². The maximum atomic E-state index is 12.2. The minimum atomic E-state index is 0.0439. The molecule has 0 spiro atoms. The van der Waals surface area contributed by atoms with Crippen molar-refractivity contribution < 1.29 is 9.53 Å². The van der Waals surface area contributed by atoms with E-state index in [9.17, 15) is 4.79 Å². The van der Waals surface area contributed by atoms with Gasteiger partial charge in [0, 0.05) is 65.1 Å². The van der Waals surface area contributed by atoms with Gasteiger partial charge in [0.15, 0.2) is 0 Å². The quantitative estimate of drug-likeness (QED) is 0.458. The molecule has 34 heavy (non-hydrogen) atoms. The van der Waals surface area contributed by atoms with E-state index in [1.807, 2.05) is 27.8 Å². The Labute approximate surface area is 211 Å². The lowest BCUT2D eigenvalue weighted by Gasteiger charge is -2.36. The van der Waals surface area contributed by atoms with E-state index < -0.39 is 0 Å². The number of ether oxygens (including phenoxy) is 1. The molecule has 3 heterocycles. The molecule has 0 atom stereocenters. The molecule has 1 saturated heterocycles. The van der Waals surface area contributed by atoms with Crippen LogP contribution >= 0.6 is 27.5 Å². The number of carbonyl (C=O) groups excluding carboxylic acids is 1. The zero-order chi connectivity index (χ0) is 23.8. The van der Waals surface area contributed by atoms with Gasteiger partial charge in [0.1, 0.15) is 11.3 Å². The first-order valence-electron chi connectivity index (χ1n) is 11.4. The number of piperazine rings is 1. The van der Waals surface area contributed by atoms with Crippen molar-refractivity contribution in [3.05, 3.63) is 39.5 Å². The molecule has 2 aromatic heterocycles. The fourth-order valence-electron chi connectivity index (χ4n) is 4.14. The van der Waals surface area contributed by atoms with Gasteiger partial charge >= 0.3 is 6.03 Å². The second-order valence-electron chi connectivity index (χ2n) is 9.12. The number of nitrogens with zero attached hydrogens (tertiary/aromatic N) is 7. The van der Waals surface area contributed by atoms with E-state index in [1.165, 1.54) is 12.8 Å². The number of pyridine rings is 1. The van der Waals surface area contributed by atoms with E-state index >= 15 is 0 Å². The van der Waals surface area contributed by atoms with Crippen molar-refractivity contribution in [2.24, 2.45) is 5.92 Å². The molecule has 0 bridgehead atoms. The van der Waals surface area contributed by atoms with Crippen molar-refractivity contribution in [3.8, 4) is 11.6 Å². The molecule has 9 nitrogen and oxygen atoms in total. The maximum Gasteiger partial charge on any atom is 0.319 e. The van der Waals surface area contributed by atoms with E-state index in [0.717, 1.165) is 40.7 Å². The lowest BCUT2D eigenvalue weighted by molar-refractivity contribution is 0.119. The van der Waals surface area contributed by atoms with Crippen LogP contribution in [0.25, 0.3) is 11.0 Å². The van der Waals surface area contributed by atoms with Gasteiger partial charge < -0.3 is 14.5 Å². The molecule has 2 fully saturated rings. The summed E-state index contributed by atoms with van der Waals surface area (Å²) in [6.45, 7) is 4.43. The molecular weight excluding hydrogens is 522 g/mol. The summed E-state index contributed by atoms with van der Waals surface area (Å²) < 4.78 is 8.97. The summed E-state index contributed by atoms with van der Waals surface area (Å²) in [5, 5.41) is 9.25. The molecule has 2 aliphatic rings. The van der Waals surface area contributed by atoms with E-state index in [2.05, 4.69) is 36.1 Å². The van der Waals surface area contributed by atoms with Crippen LogP contribution in [-0.2, 0) is 13.1 Å². The Morgan fingerprint density at radius 3 is 2.71 bits per heavy atom. The van der Waals surface area contributed by atoms with Crippen LogP contribution in [0.5, 0.6) is 11.6 Å². The summed E-state index contributed by atoms with van der Waals surface area (Å²) in [6, 6.07) is 5.85. The Morgan fingerprint density at radius 2 is 2.00 bits per heavy atom. The number of halogens is 2. The number of fused-ring (bicyclic) bond motifs is 1. The van der Waals surface area contributed by atoms with Gasteiger partial charge in [-0.2, -0.15) is 0 Å². The third-order valence-corrected chi connectivity index (χ3v) is 7.21. The van der Waals surface area contributed by atoms with Gasteiger partial charge in [-0.15, -0.1) is 5.10 Å². The number of carbonyl (C=O) groups is 1. The molecule has 0 unspecified atom stereocenters. The Hall–Kier alpha value is -2.43. The second-order valence-corrected chi connectivity index (χ2v) is 10.3. The lowest BCUT2D eigenvalue weighted by atomic mass is 10.2. The van der Waals surface area contributed by atoms with Crippen LogP contribution in [0.15, 0.2) is 28.9 Å². The number of hydrogen-bond donors (Lipinski definition) is 0. The minimum absolute atomic E-state index is 0.0439. The van der Waals surface area contributed by atoms with Crippen molar-refractivity contribution in [1.82, 2.24) is 34.7 Å². The van der Waals surface area contributed by atoms with Crippen LogP contribution in [-0.4, -0.2) is 81.0 Å². The highest BCUT2D eigenvalue weighted by molar-refractivity contribution is 9.10. The molecule has 180 valence electrons. The van der Waals surface area contributed by atoms with Crippen LogP contribution in [0.3, 0.4) is 0 Å². The number of rotatable bonds is 6. The number of aromatic nitrogens is 4. The smallest absolute Gasteiger partial charge is 0.319 e. The van der Waals surface area contributed by atoms with Crippen molar-refractivity contribution in [3.63, 3.8) is 0 Å². The van der Waals surface area contributed by atoms with Crippen molar-refractivity contribution in [2.75, 3.05) is 40.3 Å². The van der Waals surface area contributed by atoms with Crippen molar-refractivity contribution in [2.45, 2.75) is 25.9 Å². The first-order valence-corrected chi connectivity index (χ1v) is 12.6. The van der Waals surface area contributed by atoms with E-state index in [4.69, 9.17) is 16.3 Å². The first-order chi connectivity index (χ1) is 16.4. The first kappa shape index (κ1) is 23.3. The number of hydrogen-bond acceptors (Lipinski definition) is 6. The summed E-state index contributed by atoms with van der Waals surface area (Å²) in [7, 11) is 3.55. The molecule has 0 radical (unpaired) electrons. The topological polar surface area (TPSA) is 79.6 Å². The third kappa shape index (κ3) is 4.99. The van der Waals surface area contributed by atoms with Crippen LogP contribution in [0.1, 0.15) is 18.4 Å². The monoisotopic (exact) mass is 547 g/mol. The highest BCUT2D eigenvalue weighted by Crippen LogP contribution is 2.37. The highest BCUT2D eigenvalue weighted by Gasteiger charge is 2.25. The minimum Gasteiger partial charge on any atom is -0.437 e. The van der Waals surface area contributed by atoms with Gasteiger partial charge in [-0.3, -0.25) is 4.90 Å². The fourth-order valence-corrected chi connectivity index (χ4v) is 4.82. The standard InChI is InChI=1S/C23H27BrClN7O2/c1-29(2)23(33)31-9-7-30(8-10-31)14-16-11-17(25)12-26-22(16)34-19-6-5-18-21(20(19)24)27-28-32(18)13-15-3-4-15/h5-6,11-12,15H,3-4,7-10,13-14H2,1-2H3. The zero-order valence-corrected chi connectivity index (χ0v) is 21.6. The number of urea groups is 1. The second kappa shape index (κ2) is 9.67. The summed E-state index contributed by atoms with van der Waals surface area (Å²) in [4.78, 5) is 22.4. The van der Waals surface area contributed by atoms with Crippen LogP contribution in [0.4, 0.5) is 4.79 Å². The maximum absolute atomic E-state index is 12.2. The Balaban J connectivity index is 1.32. The predicted molar refractivity (Wildman–Crippen MR) is 133 cm³/mol. The average Bonchev–Trinajstić information content (AvgIpc) is 3.55. The molecule has 1 saturated carbocycles. The third-order valence-electron chi connectivity index (χ3n) is 6.24. The summed E-state index contributed by atoms with van der Waals surface area (Å²) in [5.74, 6) is 1.84. The van der Waals surface area contributed by atoms with Gasteiger partial charge in [0.05, 0.1) is 15.0 Å². The summed E-state index contributed by atoms with van der Waals surface area (Å²) in [5.41, 5.74) is 2.65. The zero-order valence-electron chi connectivity index (χ0n) is 19.2. The van der Waals surface area contributed by atoms with Gasteiger partial charge in [0.25, 0.3) is 0 Å². The number of benzene rings is 1. The molecule has 5 rings (SSSR count). The molecule has 1 aromatic carbocycles. The Bertz CT molecular complexity index is 1210. The molecule has 2 amide bonds. The molecule has 1 aliphatic carbocycles. The SMILES string of the molecule is CN(C)C(=O)N1CCN(Cc2cc(Cl)cnc2Oc2ccc3c(nnn3CC3CC3)c2Br)CC1. The number of amides is 2. The lowest BCUT2D eigenvalue weighted by Crippen LogP contribution is -2.51. The van der Waals surface area contributed by atoms with Crippen molar-refractivity contribution in [1.29, 1.82) is 0 Å².